The number of aromatic hydroxyl groups is 1. The minimum Gasteiger partial charge on any atom is -0.508 e. The maximum atomic E-state index is 13.4. The van der Waals surface area contributed by atoms with Gasteiger partial charge in [-0.05, 0) is 71.6 Å². The Hall–Kier alpha value is -2.47. The Labute approximate surface area is 206 Å². The summed E-state index contributed by atoms with van der Waals surface area (Å²) in [7, 11) is 0. The number of Topliss-reactive ketones (excluding diaryl/α,β-unsaturated/α-hetero) is 1. The molecule has 2 aromatic carbocycles. The summed E-state index contributed by atoms with van der Waals surface area (Å²) in [5.41, 5.74) is 3.64. The topological polar surface area (TPSA) is 75.6 Å². The number of ether oxygens (including phenoxy) is 1. The summed E-state index contributed by atoms with van der Waals surface area (Å²) in [4.78, 5) is 27.7. The van der Waals surface area contributed by atoms with Crippen molar-refractivity contribution in [2.75, 3.05) is 11.9 Å². The van der Waals surface area contributed by atoms with Crippen molar-refractivity contribution in [3.63, 3.8) is 0 Å². The van der Waals surface area contributed by atoms with E-state index in [1.54, 1.807) is 12.1 Å². The van der Waals surface area contributed by atoms with Crippen molar-refractivity contribution in [1.82, 2.24) is 0 Å². The van der Waals surface area contributed by atoms with Crippen molar-refractivity contribution in [3.05, 3.63) is 53.1 Å². The van der Waals surface area contributed by atoms with E-state index < -0.39 is 16.8 Å². The number of carbonyl (C=O) groups is 2. The molecule has 0 aromatic heterocycles. The van der Waals surface area contributed by atoms with Crippen LogP contribution in [-0.4, -0.2) is 34.3 Å². The number of hydrogen-bond donors (Lipinski definition) is 2. The van der Waals surface area contributed by atoms with E-state index in [0.717, 1.165) is 34.7 Å². The molecule has 6 heteroatoms. The first-order valence-electron chi connectivity index (χ1n) is 12.1. The molecule has 0 bridgehead atoms. The van der Waals surface area contributed by atoms with Gasteiger partial charge in [0.2, 0.25) is 0 Å². The van der Waals surface area contributed by atoms with Crippen molar-refractivity contribution in [3.8, 4) is 5.75 Å². The zero-order valence-corrected chi connectivity index (χ0v) is 21.6. The van der Waals surface area contributed by atoms with E-state index in [-0.39, 0.29) is 29.3 Å². The summed E-state index contributed by atoms with van der Waals surface area (Å²) in [5, 5.41) is 12.1. The van der Waals surface area contributed by atoms with Crippen LogP contribution in [0.3, 0.4) is 0 Å². The Morgan fingerprint density at radius 3 is 2.50 bits per heavy atom. The van der Waals surface area contributed by atoms with Gasteiger partial charge in [0.25, 0.3) is 0 Å². The van der Waals surface area contributed by atoms with E-state index in [1.807, 2.05) is 26.0 Å². The first kappa shape index (κ1) is 24.6. The van der Waals surface area contributed by atoms with E-state index >= 15 is 0 Å². The summed E-state index contributed by atoms with van der Waals surface area (Å²) in [6.45, 7) is 11.4. The zero-order chi connectivity index (χ0) is 24.7. The highest BCUT2D eigenvalue weighted by atomic mass is 32.2. The van der Waals surface area contributed by atoms with Crippen molar-refractivity contribution in [2.24, 2.45) is 5.92 Å². The maximum Gasteiger partial charge on any atom is 0.327 e. The van der Waals surface area contributed by atoms with Crippen LogP contribution >= 0.6 is 11.8 Å². The molecule has 4 rings (SSSR count). The SMILES string of the molecule is CC(C)[C@]1(CCc2ccc(O)cc2)CC(=O)C(Sc2cc3c(cc2C(C)(C)C)NCC3)C(=O)O1. The molecule has 2 atom stereocenters. The smallest absolute Gasteiger partial charge is 0.327 e. The lowest BCUT2D eigenvalue weighted by Gasteiger charge is -2.41. The second kappa shape index (κ2) is 9.29. The predicted octanol–water partition coefficient (Wildman–Crippen LogP) is 5.66. The number of cyclic esters (lactones) is 1. The van der Waals surface area contributed by atoms with E-state index in [4.69, 9.17) is 4.74 Å². The third kappa shape index (κ3) is 4.97. The molecule has 2 aliphatic rings. The maximum absolute atomic E-state index is 13.4. The molecule has 182 valence electrons. The van der Waals surface area contributed by atoms with Gasteiger partial charge in [-0.25, -0.2) is 0 Å². The van der Waals surface area contributed by atoms with Gasteiger partial charge in [-0.1, -0.05) is 46.8 Å². The molecular weight excluding hydrogens is 446 g/mol. The Kier molecular flexibility index (Phi) is 6.74. The molecule has 0 amide bonds. The number of benzene rings is 2. The van der Waals surface area contributed by atoms with Crippen LogP contribution in [0.5, 0.6) is 5.75 Å². The average molecular weight is 482 g/mol. The Morgan fingerprint density at radius 2 is 1.88 bits per heavy atom. The van der Waals surface area contributed by atoms with Crippen molar-refractivity contribution in [1.29, 1.82) is 0 Å². The molecule has 2 aromatic rings. The highest BCUT2D eigenvalue weighted by molar-refractivity contribution is 8.01. The Balaban J connectivity index is 1.55. The summed E-state index contributed by atoms with van der Waals surface area (Å²) >= 11 is 1.35. The number of nitrogens with one attached hydrogen (secondary N) is 1. The summed E-state index contributed by atoms with van der Waals surface area (Å²) in [6, 6.07) is 11.4. The number of esters is 1. The molecule has 1 saturated heterocycles. The van der Waals surface area contributed by atoms with E-state index in [1.165, 1.54) is 17.3 Å². The van der Waals surface area contributed by atoms with Crippen LogP contribution in [0.2, 0.25) is 0 Å². The van der Waals surface area contributed by atoms with Crippen molar-refractivity contribution in [2.45, 2.75) is 81.5 Å². The molecule has 34 heavy (non-hydrogen) atoms. The van der Waals surface area contributed by atoms with Gasteiger partial charge in [0.05, 0.1) is 0 Å². The predicted molar refractivity (Wildman–Crippen MR) is 137 cm³/mol. The van der Waals surface area contributed by atoms with Crippen LogP contribution in [0.15, 0.2) is 41.3 Å². The number of hydrogen-bond acceptors (Lipinski definition) is 6. The van der Waals surface area contributed by atoms with E-state index in [9.17, 15) is 14.7 Å². The lowest BCUT2D eigenvalue weighted by atomic mass is 9.78. The number of rotatable bonds is 6. The van der Waals surface area contributed by atoms with Crippen LogP contribution in [0.25, 0.3) is 0 Å². The van der Waals surface area contributed by atoms with Gasteiger partial charge in [0, 0.05) is 23.5 Å². The molecule has 0 aliphatic carbocycles. The van der Waals surface area contributed by atoms with Gasteiger partial charge in [-0.15, -0.1) is 11.8 Å². The molecule has 5 nitrogen and oxygen atoms in total. The van der Waals surface area contributed by atoms with Crippen LogP contribution in [0.4, 0.5) is 5.69 Å². The van der Waals surface area contributed by atoms with Crippen LogP contribution in [0, 0.1) is 5.92 Å². The molecule has 0 spiro atoms. The average Bonchev–Trinajstić information content (AvgIpc) is 3.22. The number of aryl methyl sites for hydroxylation is 1. The normalized spacial score (nSPS) is 22.5. The summed E-state index contributed by atoms with van der Waals surface area (Å²) < 4.78 is 6.11. The fraction of sp³-hybridized carbons (Fsp3) is 0.500. The lowest BCUT2D eigenvalue weighted by molar-refractivity contribution is -0.176. The van der Waals surface area contributed by atoms with Gasteiger partial charge in [0.15, 0.2) is 11.0 Å². The zero-order valence-electron chi connectivity index (χ0n) is 20.7. The number of phenols is 1. The molecule has 2 N–H and O–H groups in total. The minimum absolute atomic E-state index is 0.0136. The molecule has 1 unspecified atom stereocenters. The number of phenolic OH excluding ortho intramolecular Hbond substituents is 1. The number of thioether (sulfide) groups is 1. The molecule has 2 aliphatic heterocycles. The van der Waals surface area contributed by atoms with E-state index in [2.05, 4.69) is 38.2 Å². The van der Waals surface area contributed by atoms with Gasteiger partial charge in [-0.2, -0.15) is 0 Å². The first-order chi connectivity index (χ1) is 16.0. The van der Waals surface area contributed by atoms with Crippen LogP contribution < -0.4 is 5.32 Å². The number of ketones is 1. The number of fused-ring (bicyclic) bond motifs is 1. The van der Waals surface area contributed by atoms with Gasteiger partial charge in [0.1, 0.15) is 11.4 Å². The summed E-state index contributed by atoms with van der Waals surface area (Å²) in [6.07, 6.45) is 2.42. The number of anilines is 1. The largest absolute Gasteiger partial charge is 0.508 e. The van der Waals surface area contributed by atoms with E-state index in [0.29, 0.717) is 12.8 Å². The Morgan fingerprint density at radius 1 is 1.18 bits per heavy atom. The third-order valence-electron chi connectivity index (χ3n) is 7.08. The van der Waals surface area contributed by atoms with Gasteiger partial charge in [-0.3, -0.25) is 9.59 Å². The molecule has 0 radical (unpaired) electrons. The first-order valence-corrected chi connectivity index (χ1v) is 13.0. The third-order valence-corrected chi connectivity index (χ3v) is 8.36. The van der Waals surface area contributed by atoms with Crippen molar-refractivity contribution < 1.29 is 19.4 Å². The monoisotopic (exact) mass is 481 g/mol. The van der Waals surface area contributed by atoms with Gasteiger partial charge >= 0.3 is 5.97 Å². The molecular formula is C28H35NO4S. The Bertz CT molecular complexity index is 1070. The minimum atomic E-state index is -0.839. The quantitative estimate of drug-likeness (QED) is 0.409. The molecule has 2 heterocycles. The second-order valence-corrected chi connectivity index (χ2v) is 12.0. The molecule has 1 fully saturated rings. The summed E-state index contributed by atoms with van der Waals surface area (Å²) in [5.74, 6) is -0.253. The van der Waals surface area contributed by atoms with Crippen LogP contribution in [-0.2, 0) is 32.6 Å². The second-order valence-electron chi connectivity index (χ2n) is 10.9. The highest BCUT2D eigenvalue weighted by Crippen LogP contribution is 2.44. The van der Waals surface area contributed by atoms with Crippen LogP contribution in [0.1, 0.15) is 64.2 Å². The fourth-order valence-electron chi connectivity index (χ4n) is 4.83. The fourth-order valence-corrected chi connectivity index (χ4v) is 6.14. The molecule has 0 saturated carbocycles. The lowest BCUT2D eigenvalue weighted by Crippen LogP contribution is -2.52. The van der Waals surface area contributed by atoms with Crippen molar-refractivity contribution >= 4 is 29.2 Å². The standard InChI is InChI=1S/C28H35NO4S/c1-17(2)28(12-10-18-6-8-20(30)9-7-18)16-23(31)25(26(32)33-28)34-24-14-19-11-13-29-22(19)15-21(24)27(3,4)5/h6-9,14-15,17,25,29-30H,10-13,16H2,1-5H3/t25?,28-/m0/s1. The van der Waals surface area contributed by atoms with Gasteiger partial charge < -0.3 is 15.2 Å². The highest BCUT2D eigenvalue weighted by Gasteiger charge is 2.49. The number of carbonyl (C=O) groups excluding carboxylic acids is 2.